The Balaban J connectivity index is 1.60. The minimum absolute atomic E-state index is 0.197. The van der Waals surface area contributed by atoms with E-state index in [2.05, 4.69) is 10.3 Å². The van der Waals surface area contributed by atoms with Gasteiger partial charge in [0.05, 0.1) is 10.7 Å². The molecule has 1 saturated heterocycles. The highest BCUT2D eigenvalue weighted by Gasteiger charge is 2.17. The van der Waals surface area contributed by atoms with Crippen molar-refractivity contribution in [3.8, 4) is 0 Å². The van der Waals surface area contributed by atoms with Crippen molar-refractivity contribution in [3.05, 3.63) is 52.0 Å². The maximum atomic E-state index is 12.1. The van der Waals surface area contributed by atoms with Crippen molar-refractivity contribution in [1.29, 1.82) is 0 Å². The number of nitrogens with one attached hydrogen (secondary N) is 1. The van der Waals surface area contributed by atoms with E-state index in [1.165, 1.54) is 6.08 Å². The first-order valence-electron chi connectivity index (χ1n) is 8.38. The van der Waals surface area contributed by atoms with Crippen molar-refractivity contribution in [2.45, 2.75) is 32.7 Å². The summed E-state index contributed by atoms with van der Waals surface area (Å²) in [4.78, 5) is 30.2. The summed E-state index contributed by atoms with van der Waals surface area (Å²) in [5.74, 6) is 0.0130. The molecular formula is C19H21N3O2S. The van der Waals surface area contributed by atoms with Gasteiger partial charge in [-0.25, -0.2) is 4.98 Å². The van der Waals surface area contributed by atoms with Crippen molar-refractivity contribution in [3.63, 3.8) is 0 Å². The molecule has 25 heavy (non-hydrogen) atoms. The van der Waals surface area contributed by atoms with E-state index >= 15 is 0 Å². The van der Waals surface area contributed by atoms with Gasteiger partial charge in [0.2, 0.25) is 11.8 Å². The van der Waals surface area contributed by atoms with Gasteiger partial charge in [-0.15, -0.1) is 11.3 Å². The van der Waals surface area contributed by atoms with Crippen LogP contribution in [0.2, 0.25) is 0 Å². The standard InChI is InChI=1S/C19H21N3O2S/c1-14-20-17(13-25-14)8-9-18(23)21-16-6-4-5-15(11-16)12-22-10-3-2-7-19(22)24/h4-6,8-9,11,13H,2-3,7,10,12H2,1H3,(H,21,23)/b9-8+. The number of thiazole rings is 1. The number of rotatable bonds is 5. The number of nitrogens with zero attached hydrogens (tertiary/aromatic N) is 2. The zero-order valence-electron chi connectivity index (χ0n) is 14.2. The quantitative estimate of drug-likeness (QED) is 0.833. The number of hydrogen-bond acceptors (Lipinski definition) is 4. The first-order chi connectivity index (χ1) is 12.1. The number of piperidine rings is 1. The second-order valence-electron chi connectivity index (χ2n) is 6.09. The van der Waals surface area contributed by atoms with E-state index < -0.39 is 0 Å². The number of aryl methyl sites for hydroxylation is 1. The van der Waals surface area contributed by atoms with Crippen LogP contribution in [-0.4, -0.2) is 28.2 Å². The molecular weight excluding hydrogens is 334 g/mol. The highest BCUT2D eigenvalue weighted by atomic mass is 32.1. The molecule has 0 unspecified atom stereocenters. The smallest absolute Gasteiger partial charge is 0.248 e. The lowest BCUT2D eigenvalue weighted by Gasteiger charge is -2.26. The lowest BCUT2D eigenvalue weighted by molar-refractivity contribution is -0.133. The van der Waals surface area contributed by atoms with Crippen molar-refractivity contribution in [1.82, 2.24) is 9.88 Å². The van der Waals surface area contributed by atoms with Gasteiger partial charge < -0.3 is 10.2 Å². The van der Waals surface area contributed by atoms with Crippen LogP contribution in [0.5, 0.6) is 0 Å². The summed E-state index contributed by atoms with van der Waals surface area (Å²) in [5, 5.41) is 5.74. The summed E-state index contributed by atoms with van der Waals surface area (Å²) in [7, 11) is 0. The molecule has 0 spiro atoms. The zero-order valence-corrected chi connectivity index (χ0v) is 15.0. The lowest BCUT2D eigenvalue weighted by Crippen LogP contribution is -2.34. The zero-order chi connectivity index (χ0) is 17.6. The molecule has 3 rings (SSSR count). The summed E-state index contributed by atoms with van der Waals surface area (Å²) in [5.41, 5.74) is 2.54. The molecule has 1 aliphatic heterocycles. The molecule has 1 fully saturated rings. The number of hydrogen-bond donors (Lipinski definition) is 1. The monoisotopic (exact) mass is 355 g/mol. The lowest BCUT2D eigenvalue weighted by atomic mass is 10.1. The van der Waals surface area contributed by atoms with Gasteiger partial charge in [0.25, 0.3) is 0 Å². The van der Waals surface area contributed by atoms with E-state index in [0.717, 1.165) is 41.3 Å². The van der Waals surface area contributed by atoms with Crippen molar-refractivity contribution in [2.75, 3.05) is 11.9 Å². The van der Waals surface area contributed by atoms with Crippen LogP contribution in [0.1, 0.15) is 35.5 Å². The predicted molar refractivity (Wildman–Crippen MR) is 100 cm³/mol. The maximum absolute atomic E-state index is 12.1. The first kappa shape index (κ1) is 17.4. The Kier molecular flexibility index (Phi) is 5.60. The van der Waals surface area contributed by atoms with E-state index in [-0.39, 0.29) is 11.8 Å². The van der Waals surface area contributed by atoms with E-state index in [4.69, 9.17) is 0 Å². The minimum Gasteiger partial charge on any atom is -0.338 e. The van der Waals surface area contributed by atoms with E-state index in [0.29, 0.717) is 13.0 Å². The van der Waals surface area contributed by atoms with Crippen molar-refractivity contribution >= 4 is 34.9 Å². The number of aromatic nitrogens is 1. The van der Waals surface area contributed by atoms with Crippen LogP contribution in [-0.2, 0) is 16.1 Å². The molecule has 0 atom stereocenters. The SMILES string of the molecule is Cc1nc(/C=C/C(=O)Nc2cccc(CN3CCCCC3=O)c2)cs1. The third kappa shape index (κ3) is 5.00. The summed E-state index contributed by atoms with van der Waals surface area (Å²) in [6.45, 7) is 3.34. The molecule has 5 nitrogen and oxygen atoms in total. The fourth-order valence-corrected chi connectivity index (χ4v) is 3.38. The summed E-state index contributed by atoms with van der Waals surface area (Å²) >= 11 is 1.55. The van der Waals surface area contributed by atoms with Gasteiger partial charge in [0, 0.05) is 36.7 Å². The molecule has 0 bridgehead atoms. The normalized spacial score (nSPS) is 14.9. The molecule has 2 heterocycles. The molecule has 1 N–H and O–H groups in total. The van der Waals surface area contributed by atoms with Crippen LogP contribution >= 0.6 is 11.3 Å². The highest BCUT2D eigenvalue weighted by molar-refractivity contribution is 7.09. The molecule has 1 aliphatic rings. The Morgan fingerprint density at radius 1 is 1.40 bits per heavy atom. The van der Waals surface area contributed by atoms with Gasteiger partial charge in [-0.2, -0.15) is 0 Å². The van der Waals surface area contributed by atoms with Gasteiger partial charge in [0.15, 0.2) is 0 Å². The van der Waals surface area contributed by atoms with Crippen LogP contribution in [0.15, 0.2) is 35.7 Å². The Labute approximate surface area is 151 Å². The van der Waals surface area contributed by atoms with Crippen LogP contribution in [0.4, 0.5) is 5.69 Å². The third-order valence-corrected chi connectivity index (χ3v) is 4.82. The van der Waals surface area contributed by atoms with Gasteiger partial charge in [-0.1, -0.05) is 12.1 Å². The molecule has 130 valence electrons. The summed E-state index contributed by atoms with van der Waals surface area (Å²) in [6, 6.07) is 7.64. The second-order valence-corrected chi connectivity index (χ2v) is 7.15. The first-order valence-corrected chi connectivity index (χ1v) is 9.26. The fraction of sp³-hybridized carbons (Fsp3) is 0.316. The molecule has 2 aromatic rings. The Bertz CT molecular complexity index is 797. The van der Waals surface area contributed by atoms with E-state index in [9.17, 15) is 9.59 Å². The summed E-state index contributed by atoms with van der Waals surface area (Å²) < 4.78 is 0. The molecule has 1 aromatic carbocycles. The van der Waals surface area contributed by atoms with Crippen LogP contribution < -0.4 is 5.32 Å². The maximum Gasteiger partial charge on any atom is 0.248 e. The summed E-state index contributed by atoms with van der Waals surface area (Å²) in [6.07, 6.45) is 5.86. The number of anilines is 1. The van der Waals surface area contributed by atoms with Crippen LogP contribution in [0.3, 0.4) is 0 Å². The average molecular weight is 355 g/mol. The Morgan fingerprint density at radius 2 is 2.28 bits per heavy atom. The van der Waals surface area contributed by atoms with Gasteiger partial charge >= 0.3 is 0 Å². The molecule has 0 radical (unpaired) electrons. The fourth-order valence-electron chi connectivity index (χ4n) is 2.80. The molecule has 1 aromatic heterocycles. The number of carbonyl (C=O) groups excluding carboxylic acids is 2. The van der Waals surface area contributed by atoms with Gasteiger partial charge in [-0.3, -0.25) is 9.59 Å². The molecule has 6 heteroatoms. The average Bonchev–Trinajstić information content (AvgIpc) is 3.01. The number of benzene rings is 1. The van der Waals surface area contributed by atoms with Crippen molar-refractivity contribution in [2.24, 2.45) is 0 Å². The molecule has 0 aliphatic carbocycles. The minimum atomic E-state index is -0.197. The van der Waals surface area contributed by atoms with Gasteiger partial charge in [0.1, 0.15) is 0 Å². The van der Waals surface area contributed by atoms with Crippen molar-refractivity contribution < 1.29 is 9.59 Å². The largest absolute Gasteiger partial charge is 0.338 e. The van der Waals surface area contributed by atoms with Gasteiger partial charge in [-0.05, 0) is 43.5 Å². The second kappa shape index (κ2) is 8.07. The Hall–Kier alpha value is -2.47. The Morgan fingerprint density at radius 3 is 3.04 bits per heavy atom. The number of carbonyl (C=O) groups is 2. The molecule has 0 saturated carbocycles. The number of likely N-dealkylation sites (tertiary alicyclic amines) is 1. The van der Waals surface area contributed by atoms with E-state index in [1.807, 2.05) is 41.5 Å². The van der Waals surface area contributed by atoms with Crippen LogP contribution in [0.25, 0.3) is 6.08 Å². The third-order valence-electron chi connectivity index (χ3n) is 4.03. The van der Waals surface area contributed by atoms with E-state index in [1.54, 1.807) is 17.4 Å². The topological polar surface area (TPSA) is 62.3 Å². The van der Waals surface area contributed by atoms with Crippen LogP contribution in [0, 0.1) is 6.92 Å². The highest BCUT2D eigenvalue weighted by Crippen LogP contribution is 2.17. The predicted octanol–water partition coefficient (Wildman–Crippen LogP) is 3.62. The molecule has 2 amide bonds. The number of amides is 2.